The van der Waals surface area contributed by atoms with E-state index in [-0.39, 0.29) is 31.1 Å². The lowest BCUT2D eigenvalue weighted by Crippen LogP contribution is -2.49. The number of benzene rings is 1. The Balaban J connectivity index is 1.98. The summed E-state index contributed by atoms with van der Waals surface area (Å²) in [6, 6.07) is 8.74. The van der Waals surface area contributed by atoms with E-state index in [1.807, 2.05) is 30.3 Å². The van der Waals surface area contributed by atoms with Crippen molar-refractivity contribution in [2.45, 2.75) is 37.8 Å². The number of rotatable bonds is 8. The molecule has 150 valence electrons. The van der Waals surface area contributed by atoms with Gasteiger partial charge in [-0.3, -0.25) is 4.79 Å². The summed E-state index contributed by atoms with van der Waals surface area (Å²) in [5, 5.41) is 11.9. The molecule has 1 aliphatic rings. The minimum Gasteiger partial charge on any atom is -0.481 e. The van der Waals surface area contributed by atoms with Crippen molar-refractivity contribution >= 4 is 22.0 Å². The summed E-state index contributed by atoms with van der Waals surface area (Å²) in [4.78, 5) is 25.1. The Hall–Kier alpha value is -2.13. The van der Waals surface area contributed by atoms with Crippen molar-refractivity contribution in [2.75, 3.05) is 26.4 Å². The number of urea groups is 1. The van der Waals surface area contributed by atoms with Gasteiger partial charge in [-0.15, -0.1) is 0 Å². The first kappa shape index (κ1) is 21.2. The molecular formula is C18H27N3O5S. The van der Waals surface area contributed by atoms with Gasteiger partial charge >= 0.3 is 12.0 Å². The van der Waals surface area contributed by atoms with Crippen molar-refractivity contribution in [3.8, 4) is 0 Å². The minimum absolute atomic E-state index is 0.0349. The van der Waals surface area contributed by atoms with Crippen molar-refractivity contribution < 1.29 is 23.1 Å². The van der Waals surface area contributed by atoms with E-state index < -0.39 is 16.0 Å². The highest BCUT2D eigenvalue weighted by Crippen LogP contribution is 2.17. The zero-order valence-electron chi connectivity index (χ0n) is 15.7. The molecule has 2 amide bonds. The van der Waals surface area contributed by atoms with Crippen LogP contribution in [-0.4, -0.2) is 73.2 Å². The Morgan fingerprint density at radius 3 is 2.56 bits per heavy atom. The molecule has 2 atom stereocenters. The second-order valence-electron chi connectivity index (χ2n) is 6.94. The number of carboxylic acid groups (broad SMARTS) is 1. The van der Waals surface area contributed by atoms with Gasteiger partial charge < -0.3 is 15.3 Å². The van der Waals surface area contributed by atoms with Gasteiger partial charge in [0.2, 0.25) is 10.0 Å². The highest BCUT2D eigenvalue weighted by atomic mass is 32.2. The van der Waals surface area contributed by atoms with Crippen LogP contribution in [0.2, 0.25) is 0 Å². The molecule has 0 saturated carbocycles. The molecule has 1 saturated heterocycles. The normalized spacial score (nSPS) is 18.8. The average molecular weight is 397 g/mol. The summed E-state index contributed by atoms with van der Waals surface area (Å²) < 4.78 is 24.7. The largest absolute Gasteiger partial charge is 0.481 e. The molecule has 9 heteroatoms. The van der Waals surface area contributed by atoms with Gasteiger partial charge in [0.25, 0.3) is 0 Å². The highest BCUT2D eigenvalue weighted by molar-refractivity contribution is 7.88. The van der Waals surface area contributed by atoms with Gasteiger partial charge in [0.05, 0.1) is 6.26 Å². The second kappa shape index (κ2) is 9.18. The van der Waals surface area contributed by atoms with Crippen LogP contribution in [0.15, 0.2) is 30.3 Å². The predicted octanol–water partition coefficient (Wildman–Crippen LogP) is 1.14. The molecule has 1 aromatic carbocycles. The third kappa shape index (κ3) is 6.51. The van der Waals surface area contributed by atoms with Gasteiger partial charge in [0.15, 0.2) is 0 Å². The van der Waals surface area contributed by atoms with E-state index in [2.05, 4.69) is 5.32 Å². The number of hydrogen-bond acceptors (Lipinski definition) is 4. The molecule has 1 fully saturated rings. The molecule has 27 heavy (non-hydrogen) atoms. The average Bonchev–Trinajstić information content (AvgIpc) is 3.10. The number of aliphatic carboxylic acids is 1. The first-order valence-electron chi connectivity index (χ1n) is 8.91. The van der Waals surface area contributed by atoms with Gasteiger partial charge in [0.1, 0.15) is 0 Å². The highest BCUT2D eigenvalue weighted by Gasteiger charge is 2.33. The lowest BCUT2D eigenvalue weighted by atomic mass is 10.0. The molecule has 2 rings (SSSR count). The van der Waals surface area contributed by atoms with E-state index in [0.29, 0.717) is 25.8 Å². The van der Waals surface area contributed by atoms with E-state index in [4.69, 9.17) is 5.11 Å². The van der Waals surface area contributed by atoms with Crippen molar-refractivity contribution in [1.82, 2.24) is 14.5 Å². The second-order valence-corrected chi connectivity index (χ2v) is 8.93. The number of nitrogens with one attached hydrogen (secondary N) is 1. The van der Waals surface area contributed by atoms with Gasteiger partial charge in [-0.1, -0.05) is 30.3 Å². The van der Waals surface area contributed by atoms with Crippen LogP contribution in [-0.2, 0) is 21.2 Å². The summed E-state index contributed by atoms with van der Waals surface area (Å²) in [6.07, 6.45) is 2.57. The van der Waals surface area contributed by atoms with E-state index in [1.165, 1.54) is 9.21 Å². The van der Waals surface area contributed by atoms with Crippen LogP contribution in [0.3, 0.4) is 0 Å². The van der Waals surface area contributed by atoms with Gasteiger partial charge in [-0.05, 0) is 24.8 Å². The van der Waals surface area contributed by atoms with E-state index >= 15 is 0 Å². The van der Waals surface area contributed by atoms with E-state index in [0.717, 1.165) is 11.8 Å². The molecule has 0 aromatic heterocycles. The van der Waals surface area contributed by atoms with Crippen molar-refractivity contribution in [3.05, 3.63) is 35.9 Å². The zero-order valence-corrected chi connectivity index (χ0v) is 16.5. The molecule has 8 nitrogen and oxygen atoms in total. The minimum atomic E-state index is -3.27. The molecular weight excluding hydrogens is 370 g/mol. The number of carbonyl (C=O) groups is 2. The molecule has 1 aromatic rings. The molecule has 1 heterocycles. The number of hydrogen-bond donors (Lipinski definition) is 2. The SMILES string of the molecule is CN(C(=O)NC(CCC(=O)O)Cc1ccccc1)C1CCN(S(C)(=O)=O)C1. The van der Waals surface area contributed by atoms with E-state index in [9.17, 15) is 18.0 Å². The quantitative estimate of drug-likeness (QED) is 0.684. The third-order valence-electron chi connectivity index (χ3n) is 4.82. The summed E-state index contributed by atoms with van der Waals surface area (Å²) >= 11 is 0. The Bertz CT molecular complexity index is 754. The smallest absolute Gasteiger partial charge is 0.317 e. The Morgan fingerprint density at radius 2 is 2.00 bits per heavy atom. The van der Waals surface area contributed by atoms with Crippen LogP contribution >= 0.6 is 0 Å². The van der Waals surface area contributed by atoms with Gasteiger partial charge in [-0.25, -0.2) is 17.5 Å². The lowest BCUT2D eigenvalue weighted by molar-refractivity contribution is -0.137. The number of amides is 2. The molecule has 2 unspecified atom stereocenters. The summed E-state index contributed by atoms with van der Waals surface area (Å²) in [7, 11) is -1.63. The Kier molecular flexibility index (Phi) is 7.20. The van der Waals surface area contributed by atoms with Crippen LogP contribution in [0.1, 0.15) is 24.8 Å². The fourth-order valence-electron chi connectivity index (χ4n) is 3.19. The zero-order chi connectivity index (χ0) is 20.0. The number of carbonyl (C=O) groups excluding carboxylic acids is 1. The van der Waals surface area contributed by atoms with Crippen LogP contribution in [0, 0.1) is 0 Å². The standard InChI is InChI=1S/C18H27N3O5S/c1-20(16-10-11-21(13-16)27(2,25)26)18(24)19-15(8-9-17(22)23)12-14-6-4-3-5-7-14/h3-7,15-16H,8-13H2,1-2H3,(H,19,24)(H,22,23). The van der Waals surface area contributed by atoms with Crippen molar-refractivity contribution in [1.29, 1.82) is 0 Å². The lowest BCUT2D eigenvalue weighted by Gasteiger charge is -2.28. The Morgan fingerprint density at radius 1 is 1.33 bits per heavy atom. The maximum absolute atomic E-state index is 12.6. The molecule has 1 aliphatic heterocycles. The maximum atomic E-state index is 12.6. The first-order chi connectivity index (χ1) is 12.7. The van der Waals surface area contributed by atoms with Gasteiger partial charge in [0, 0.05) is 38.6 Å². The maximum Gasteiger partial charge on any atom is 0.317 e. The van der Waals surface area contributed by atoms with Crippen LogP contribution in [0.25, 0.3) is 0 Å². The molecule has 0 radical (unpaired) electrons. The third-order valence-corrected chi connectivity index (χ3v) is 6.09. The monoisotopic (exact) mass is 397 g/mol. The van der Waals surface area contributed by atoms with Crippen molar-refractivity contribution in [3.63, 3.8) is 0 Å². The summed E-state index contributed by atoms with van der Waals surface area (Å²) in [5.74, 6) is -0.907. The van der Waals surface area contributed by atoms with Crippen LogP contribution < -0.4 is 5.32 Å². The van der Waals surface area contributed by atoms with Crippen LogP contribution in [0.4, 0.5) is 4.79 Å². The first-order valence-corrected chi connectivity index (χ1v) is 10.8. The van der Waals surface area contributed by atoms with Crippen LogP contribution in [0.5, 0.6) is 0 Å². The topological polar surface area (TPSA) is 107 Å². The summed E-state index contributed by atoms with van der Waals surface area (Å²) in [6.45, 7) is 0.675. The number of carboxylic acids is 1. The number of sulfonamides is 1. The number of likely N-dealkylation sites (N-methyl/N-ethyl adjacent to an activating group) is 1. The Labute approximate surface area is 160 Å². The molecule has 2 N–H and O–H groups in total. The fourth-order valence-corrected chi connectivity index (χ4v) is 4.07. The molecule has 0 bridgehead atoms. The van der Waals surface area contributed by atoms with E-state index in [1.54, 1.807) is 7.05 Å². The predicted molar refractivity (Wildman–Crippen MR) is 102 cm³/mol. The molecule has 0 aliphatic carbocycles. The van der Waals surface area contributed by atoms with Crippen molar-refractivity contribution in [2.24, 2.45) is 0 Å². The molecule has 0 spiro atoms. The van der Waals surface area contributed by atoms with Gasteiger partial charge in [-0.2, -0.15) is 0 Å². The fraction of sp³-hybridized carbons (Fsp3) is 0.556. The summed E-state index contributed by atoms with van der Waals surface area (Å²) in [5.41, 5.74) is 1.01. The number of nitrogens with zero attached hydrogens (tertiary/aromatic N) is 2.